The Morgan fingerprint density at radius 3 is 1.32 bits per heavy atom. The quantitative estimate of drug-likeness (QED) is 0.163. The number of aromatic nitrogens is 3. The minimum Gasteiger partial charge on any atom is -0.311 e. The molecule has 314 valence electrons. The molecule has 0 amide bonds. The second-order valence-electron chi connectivity index (χ2n) is 18.6. The van der Waals surface area contributed by atoms with Crippen molar-refractivity contribution in [3.8, 4) is 17.1 Å². The molecule has 10 aromatic carbocycles. The molecule has 66 heavy (non-hydrogen) atoms. The molecule has 0 spiro atoms. The smallest absolute Gasteiger partial charge is 0.0789 e. The van der Waals surface area contributed by atoms with Gasteiger partial charge in [-0.3, -0.25) is 0 Å². The van der Waals surface area contributed by atoms with E-state index < -0.39 is 0 Å². The molecular formula is C62H46N4. The maximum absolute atomic E-state index is 2.50. The van der Waals surface area contributed by atoms with Crippen molar-refractivity contribution in [2.45, 2.75) is 26.2 Å². The van der Waals surface area contributed by atoms with Gasteiger partial charge in [-0.1, -0.05) is 148 Å². The van der Waals surface area contributed by atoms with Gasteiger partial charge in [-0.2, -0.15) is 0 Å². The van der Waals surface area contributed by atoms with E-state index in [-0.39, 0.29) is 5.41 Å². The van der Waals surface area contributed by atoms with Crippen LogP contribution in [0.1, 0.15) is 26.3 Å². The Kier molecular flexibility index (Phi) is 8.44. The van der Waals surface area contributed by atoms with Gasteiger partial charge in [0.25, 0.3) is 0 Å². The lowest BCUT2D eigenvalue weighted by atomic mass is 9.87. The number of benzene rings is 10. The van der Waals surface area contributed by atoms with Crippen molar-refractivity contribution in [3.63, 3.8) is 0 Å². The van der Waals surface area contributed by atoms with E-state index in [9.17, 15) is 0 Å². The molecule has 0 aliphatic heterocycles. The number of hydrogen-bond acceptors (Lipinski definition) is 1. The summed E-state index contributed by atoms with van der Waals surface area (Å²) in [5.74, 6) is 0. The molecular weight excluding hydrogens is 801 g/mol. The molecule has 0 N–H and O–H groups in total. The first-order valence-electron chi connectivity index (χ1n) is 22.9. The van der Waals surface area contributed by atoms with Crippen LogP contribution in [0.4, 0.5) is 17.1 Å². The van der Waals surface area contributed by atoms with Crippen LogP contribution in [0.5, 0.6) is 0 Å². The van der Waals surface area contributed by atoms with E-state index in [4.69, 9.17) is 0 Å². The van der Waals surface area contributed by atoms with Crippen LogP contribution in [-0.2, 0) is 5.41 Å². The maximum Gasteiger partial charge on any atom is 0.0789 e. The molecule has 13 rings (SSSR count). The van der Waals surface area contributed by atoms with E-state index in [0.717, 1.165) is 34.1 Å². The molecule has 0 atom stereocenters. The minimum absolute atomic E-state index is 0.0419. The van der Waals surface area contributed by atoms with Crippen LogP contribution in [0.2, 0.25) is 0 Å². The van der Waals surface area contributed by atoms with Gasteiger partial charge in [0.2, 0.25) is 0 Å². The Morgan fingerprint density at radius 2 is 0.727 bits per heavy atom. The molecule has 0 aliphatic carbocycles. The van der Waals surface area contributed by atoms with Gasteiger partial charge >= 0.3 is 0 Å². The van der Waals surface area contributed by atoms with E-state index in [2.05, 4.69) is 264 Å². The summed E-state index contributed by atoms with van der Waals surface area (Å²) >= 11 is 0. The van der Waals surface area contributed by atoms with Gasteiger partial charge in [0.05, 0.1) is 33.1 Å². The van der Waals surface area contributed by atoms with Crippen LogP contribution < -0.4 is 4.90 Å². The molecule has 0 saturated carbocycles. The highest BCUT2D eigenvalue weighted by Gasteiger charge is 2.23. The monoisotopic (exact) mass is 846 g/mol. The van der Waals surface area contributed by atoms with Gasteiger partial charge in [0, 0.05) is 66.4 Å². The zero-order valence-corrected chi connectivity index (χ0v) is 37.2. The predicted octanol–water partition coefficient (Wildman–Crippen LogP) is 16.9. The first-order chi connectivity index (χ1) is 32.4. The number of hydrogen-bond donors (Lipinski definition) is 0. The molecule has 0 fully saturated rings. The topological polar surface area (TPSA) is 18.0 Å². The summed E-state index contributed by atoms with van der Waals surface area (Å²) in [5.41, 5.74) is 15.2. The Labute approximate surface area is 383 Å². The zero-order chi connectivity index (χ0) is 44.1. The zero-order valence-electron chi connectivity index (χ0n) is 37.2. The van der Waals surface area contributed by atoms with Crippen molar-refractivity contribution >= 4 is 93.3 Å². The standard InChI is InChI=1S/C62H46N4/c1-62(2,3)42-26-28-44(29-27-42)63(45-30-34-47(35-31-45)64-55-22-12-9-19-50(55)51-20-10-13-23-56(51)64)46-32-36-48(37-33-46)66-58-40-25-41-15-7-8-18-49(41)59(58)54-39-38-53-52-21-11-14-24-57(52)65(60(53)61(54)66)43-16-5-4-6-17-43/h4-40H,1-3H3. The Bertz CT molecular complexity index is 3940. The molecule has 4 nitrogen and oxygen atoms in total. The first kappa shape index (κ1) is 38.1. The second kappa shape index (κ2) is 14.6. The second-order valence-corrected chi connectivity index (χ2v) is 18.6. The number of rotatable bonds is 6. The summed E-state index contributed by atoms with van der Waals surface area (Å²) in [6.07, 6.45) is 0. The highest BCUT2D eigenvalue weighted by atomic mass is 15.1. The van der Waals surface area contributed by atoms with Crippen LogP contribution in [0, 0.1) is 0 Å². The molecule has 0 radical (unpaired) electrons. The summed E-state index contributed by atoms with van der Waals surface area (Å²) in [5, 5.41) is 10.00. The highest BCUT2D eigenvalue weighted by Crippen LogP contribution is 2.45. The third-order valence-corrected chi connectivity index (χ3v) is 13.8. The lowest BCUT2D eigenvalue weighted by Gasteiger charge is -2.27. The number of para-hydroxylation sites is 4. The minimum atomic E-state index is 0.0419. The van der Waals surface area contributed by atoms with Gasteiger partial charge in [0.15, 0.2) is 0 Å². The van der Waals surface area contributed by atoms with Crippen LogP contribution in [0.25, 0.3) is 93.3 Å². The molecule has 0 saturated heterocycles. The third kappa shape index (κ3) is 5.78. The molecule has 3 heterocycles. The summed E-state index contributed by atoms with van der Waals surface area (Å²) in [7, 11) is 0. The molecule has 0 unspecified atom stereocenters. The van der Waals surface area contributed by atoms with E-state index in [0.29, 0.717) is 0 Å². The SMILES string of the molecule is CC(C)(C)c1ccc(N(c2ccc(-n3c4ccccc4c4ccccc43)cc2)c2ccc(-n3c4ccc5ccccc5c4c4ccc5c6ccccc6n(-c6ccccc6)c5c43)cc2)cc1. The fourth-order valence-electron chi connectivity index (χ4n) is 10.7. The van der Waals surface area contributed by atoms with Crippen molar-refractivity contribution in [3.05, 3.63) is 230 Å². The third-order valence-electron chi connectivity index (χ3n) is 13.8. The van der Waals surface area contributed by atoms with Gasteiger partial charge < -0.3 is 18.6 Å². The average Bonchev–Trinajstić information content (AvgIpc) is 4.01. The van der Waals surface area contributed by atoms with Gasteiger partial charge in [-0.15, -0.1) is 0 Å². The van der Waals surface area contributed by atoms with Crippen LogP contribution in [0.15, 0.2) is 224 Å². The van der Waals surface area contributed by atoms with Gasteiger partial charge in [-0.05, 0) is 119 Å². The Balaban J connectivity index is 1.02. The maximum atomic E-state index is 2.50. The fraction of sp³-hybridized carbons (Fsp3) is 0.0645. The van der Waals surface area contributed by atoms with Crippen LogP contribution in [0.3, 0.4) is 0 Å². The predicted molar refractivity (Wildman–Crippen MR) is 280 cm³/mol. The normalized spacial score (nSPS) is 12.2. The van der Waals surface area contributed by atoms with Crippen molar-refractivity contribution < 1.29 is 0 Å². The summed E-state index contributed by atoms with van der Waals surface area (Å²) < 4.78 is 7.35. The summed E-state index contributed by atoms with van der Waals surface area (Å²) in [4.78, 5) is 2.39. The van der Waals surface area contributed by atoms with Crippen molar-refractivity contribution in [2.75, 3.05) is 4.90 Å². The lowest BCUT2D eigenvalue weighted by molar-refractivity contribution is 0.590. The largest absolute Gasteiger partial charge is 0.311 e. The van der Waals surface area contributed by atoms with E-state index in [1.807, 2.05) is 0 Å². The van der Waals surface area contributed by atoms with Crippen LogP contribution >= 0.6 is 0 Å². The fourth-order valence-corrected chi connectivity index (χ4v) is 10.7. The summed E-state index contributed by atoms with van der Waals surface area (Å²) in [6.45, 7) is 6.82. The molecule has 0 aliphatic rings. The molecule has 3 aromatic heterocycles. The Hall–Kier alpha value is -8.34. The van der Waals surface area contributed by atoms with Crippen molar-refractivity contribution in [1.29, 1.82) is 0 Å². The van der Waals surface area contributed by atoms with E-state index in [1.54, 1.807) is 0 Å². The average molecular weight is 847 g/mol. The van der Waals surface area contributed by atoms with E-state index >= 15 is 0 Å². The first-order valence-corrected chi connectivity index (χ1v) is 22.9. The molecule has 13 aromatic rings. The Morgan fingerprint density at radius 1 is 0.303 bits per heavy atom. The number of nitrogens with zero attached hydrogens (tertiary/aromatic N) is 4. The van der Waals surface area contributed by atoms with Gasteiger partial charge in [0.1, 0.15) is 0 Å². The van der Waals surface area contributed by atoms with Crippen molar-refractivity contribution in [1.82, 2.24) is 13.7 Å². The number of anilines is 3. The lowest BCUT2D eigenvalue weighted by Crippen LogP contribution is -2.13. The van der Waals surface area contributed by atoms with Gasteiger partial charge in [-0.25, -0.2) is 0 Å². The highest BCUT2D eigenvalue weighted by molar-refractivity contribution is 6.28. The van der Waals surface area contributed by atoms with Crippen molar-refractivity contribution in [2.24, 2.45) is 0 Å². The number of fused-ring (bicyclic) bond motifs is 12. The van der Waals surface area contributed by atoms with Crippen LogP contribution in [-0.4, -0.2) is 13.7 Å². The molecule has 0 bridgehead atoms. The molecule has 4 heteroatoms. The van der Waals surface area contributed by atoms with E-state index in [1.165, 1.54) is 81.8 Å². The summed E-state index contributed by atoms with van der Waals surface area (Å²) in [6, 6.07) is 82.5.